The first-order valence-corrected chi connectivity index (χ1v) is 5.42. The summed E-state index contributed by atoms with van der Waals surface area (Å²) >= 11 is 0. The van der Waals surface area contributed by atoms with Gasteiger partial charge >= 0.3 is 0 Å². The van der Waals surface area contributed by atoms with Crippen molar-refractivity contribution in [2.45, 2.75) is 12.5 Å². The molecule has 3 N–H and O–H groups in total. The molecule has 1 aromatic rings. The molecule has 2 rings (SSSR count). The summed E-state index contributed by atoms with van der Waals surface area (Å²) in [5.74, 6) is 1.15. The fourth-order valence-electron chi connectivity index (χ4n) is 1.57. The molecular formula is C10H16N4O2. The number of ether oxygens (including phenoxy) is 1. The lowest BCUT2D eigenvalue weighted by Crippen LogP contribution is -2.20. The molecule has 1 aliphatic heterocycles. The van der Waals surface area contributed by atoms with Crippen molar-refractivity contribution in [2.75, 3.05) is 31.6 Å². The third kappa shape index (κ3) is 3.04. The summed E-state index contributed by atoms with van der Waals surface area (Å²) < 4.78 is 5.66. The van der Waals surface area contributed by atoms with Gasteiger partial charge in [-0.2, -0.15) is 4.98 Å². The number of aliphatic hydroxyl groups is 1. The molecule has 0 aromatic carbocycles. The van der Waals surface area contributed by atoms with Gasteiger partial charge in [-0.3, -0.25) is 4.98 Å². The highest BCUT2D eigenvalue weighted by molar-refractivity contribution is 5.33. The molecule has 2 heterocycles. The number of aliphatic hydroxyl groups excluding tert-OH is 1. The van der Waals surface area contributed by atoms with Crippen LogP contribution < -0.4 is 15.4 Å². The van der Waals surface area contributed by atoms with E-state index in [0.717, 1.165) is 19.5 Å². The lowest BCUT2D eigenvalue weighted by Gasteiger charge is -2.11. The van der Waals surface area contributed by atoms with E-state index in [-0.39, 0.29) is 12.7 Å². The van der Waals surface area contributed by atoms with Crippen LogP contribution in [0.15, 0.2) is 12.4 Å². The summed E-state index contributed by atoms with van der Waals surface area (Å²) in [5.41, 5.74) is 0. The first-order valence-electron chi connectivity index (χ1n) is 5.42. The van der Waals surface area contributed by atoms with Crippen molar-refractivity contribution in [1.29, 1.82) is 0 Å². The zero-order chi connectivity index (χ0) is 11.2. The second-order valence-corrected chi connectivity index (χ2v) is 3.63. The molecule has 1 saturated heterocycles. The van der Waals surface area contributed by atoms with E-state index in [4.69, 9.17) is 9.84 Å². The quantitative estimate of drug-likeness (QED) is 0.633. The molecule has 1 unspecified atom stereocenters. The molecule has 88 valence electrons. The summed E-state index contributed by atoms with van der Waals surface area (Å²) in [6, 6.07) is 0. The first kappa shape index (κ1) is 11.1. The van der Waals surface area contributed by atoms with Gasteiger partial charge in [0.15, 0.2) is 0 Å². The molecular weight excluding hydrogens is 208 g/mol. The molecule has 0 amide bonds. The van der Waals surface area contributed by atoms with Gasteiger partial charge in [0.1, 0.15) is 11.9 Å². The Morgan fingerprint density at radius 3 is 3.25 bits per heavy atom. The van der Waals surface area contributed by atoms with E-state index in [2.05, 4.69) is 20.6 Å². The van der Waals surface area contributed by atoms with Crippen LogP contribution in [-0.2, 0) is 0 Å². The molecule has 1 aromatic heterocycles. The fourth-order valence-corrected chi connectivity index (χ4v) is 1.57. The SMILES string of the molecule is OCCNc1cncc(OC2CCNC2)n1. The van der Waals surface area contributed by atoms with Gasteiger partial charge in [0.2, 0.25) is 5.88 Å². The van der Waals surface area contributed by atoms with Crippen LogP contribution in [0.2, 0.25) is 0 Å². The Morgan fingerprint density at radius 1 is 1.56 bits per heavy atom. The molecule has 1 aliphatic rings. The van der Waals surface area contributed by atoms with Crippen LogP contribution in [0.25, 0.3) is 0 Å². The zero-order valence-electron chi connectivity index (χ0n) is 9.02. The normalized spacial score (nSPS) is 19.7. The average Bonchev–Trinajstić information content (AvgIpc) is 2.80. The Hall–Kier alpha value is -1.40. The van der Waals surface area contributed by atoms with Crippen LogP contribution in [0.1, 0.15) is 6.42 Å². The maximum atomic E-state index is 8.68. The molecule has 0 saturated carbocycles. The summed E-state index contributed by atoms with van der Waals surface area (Å²) in [5, 5.41) is 14.8. The van der Waals surface area contributed by atoms with Crippen molar-refractivity contribution >= 4 is 5.82 Å². The summed E-state index contributed by atoms with van der Waals surface area (Å²) in [4.78, 5) is 8.27. The molecule has 0 aliphatic carbocycles. The number of anilines is 1. The van der Waals surface area contributed by atoms with Crippen LogP contribution in [-0.4, -0.2) is 47.4 Å². The molecule has 6 heteroatoms. The standard InChI is InChI=1S/C10H16N4O2/c15-4-3-13-9-6-12-7-10(14-9)16-8-1-2-11-5-8/h6-8,11,15H,1-5H2,(H,13,14). The van der Waals surface area contributed by atoms with Crippen LogP contribution in [0.3, 0.4) is 0 Å². The Labute approximate surface area is 94.1 Å². The first-order chi connectivity index (χ1) is 7.88. The minimum atomic E-state index is 0.0688. The van der Waals surface area contributed by atoms with Crippen LogP contribution in [0, 0.1) is 0 Å². The maximum Gasteiger partial charge on any atom is 0.234 e. The molecule has 6 nitrogen and oxygen atoms in total. The Balaban J connectivity index is 1.92. The van der Waals surface area contributed by atoms with E-state index >= 15 is 0 Å². The molecule has 0 bridgehead atoms. The highest BCUT2D eigenvalue weighted by Crippen LogP contribution is 2.13. The second-order valence-electron chi connectivity index (χ2n) is 3.63. The number of rotatable bonds is 5. The van der Waals surface area contributed by atoms with Crippen molar-refractivity contribution in [3.8, 4) is 5.88 Å². The van der Waals surface area contributed by atoms with Crippen molar-refractivity contribution < 1.29 is 9.84 Å². The minimum Gasteiger partial charge on any atom is -0.472 e. The largest absolute Gasteiger partial charge is 0.472 e. The van der Waals surface area contributed by atoms with Gasteiger partial charge in [-0.1, -0.05) is 0 Å². The predicted octanol–water partition coefficient (Wildman–Crippen LogP) is -0.379. The Morgan fingerprint density at radius 2 is 2.50 bits per heavy atom. The van der Waals surface area contributed by atoms with Gasteiger partial charge in [0.05, 0.1) is 19.0 Å². The van der Waals surface area contributed by atoms with E-state index in [9.17, 15) is 0 Å². The lowest BCUT2D eigenvalue weighted by molar-refractivity contribution is 0.213. The third-order valence-electron chi connectivity index (χ3n) is 2.33. The van der Waals surface area contributed by atoms with Crippen LogP contribution in [0.5, 0.6) is 5.88 Å². The van der Waals surface area contributed by atoms with Crippen molar-refractivity contribution in [2.24, 2.45) is 0 Å². The fraction of sp³-hybridized carbons (Fsp3) is 0.600. The van der Waals surface area contributed by atoms with Crippen LogP contribution >= 0.6 is 0 Å². The van der Waals surface area contributed by atoms with Gasteiger partial charge in [-0.05, 0) is 13.0 Å². The van der Waals surface area contributed by atoms with E-state index in [1.165, 1.54) is 0 Å². The number of hydrogen-bond donors (Lipinski definition) is 3. The maximum absolute atomic E-state index is 8.68. The minimum absolute atomic E-state index is 0.0688. The summed E-state index contributed by atoms with van der Waals surface area (Å²) in [6.07, 6.45) is 4.38. The highest BCUT2D eigenvalue weighted by Gasteiger charge is 2.16. The van der Waals surface area contributed by atoms with Crippen molar-refractivity contribution in [3.05, 3.63) is 12.4 Å². The van der Waals surface area contributed by atoms with Gasteiger partial charge in [-0.15, -0.1) is 0 Å². The monoisotopic (exact) mass is 224 g/mol. The van der Waals surface area contributed by atoms with Gasteiger partial charge in [0, 0.05) is 13.1 Å². The third-order valence-corrected chi connectivity index (χ3v) is 2.33. The topological polar surface area (TPSA) is 79.3 Å². The van der Waals surface area contributed by atoms with Crippen LogP contribution in [0.4, 0.5) is 5.82 Å². The predicted molar refractivity (Wildman–Crippen MR) is 59.5 cm³/mol. The Bertz CT molecular complexity index is 328. The summed E-state index contributed by atoms with van der Waals surface area (Å²) in [7, 11) is 0. The van der Waals surface area contributed by atoms with Crippen molar-refractivity contribution in [3.63, 3.8) is 0 Å². The Kier molecular flexibility index (Phi) is 3.90. The molecule has 1 atom stereocenters. The van der Waals surface area contributed by atoms with Crippen molar-refractivity contribution in [1.82, 2.24) is 15.3 Å². The molecule has 0 spiro atoms. The number of nitrogens with one attached hydrogen (secondary N) is 2. The van der Waals surface area contributed by atoms with Gasteiger partial charge in [-0.25, -0.2) is 0 Å². The highest BCUT2D eigenvalue weighted by atomic mass is 16.5. The number of nitrogens with zero attached hydrogens (tertiary/aromatic N) is 2. The average molecular weight is 224 g/mol. The van der Waals surface area contributed by atoms with Gasteiger partial charge in [0.25, 0.3) is 0 Å². The van der Waals surface area contributed by atoms with E-state index in [1.54, 1.807) is 12.4 Å². The smallest absolute Gasteiger partial charge is 0.234 e. The molecule has 0 radical (unpaired) electrons. The number of aromatic nitrogens is 2. The zero-order valence-corrected chi connectivity index (χ0v) is 9.02. The van der Waals surface area contributed by atoms with Gasteiger partial charge < -0.3 is 20.5 Å². The van der Waals surface area contributed by atoms with E-state index in [1.807, 2.05) is 0 Å². The summed E-state index contributed by atoms with van der Waals surface area (Å²) in [6.45, 7) is 2.37. The second kappa shape index (κ2) is 5.62. The lowest BCUT2D eigenvalue weighted by atomic mass is 10.3. The molecule has 1 fully saturated rings. The molecule has 16 heavy (non-hydrogen) atoms. The van der Waals surface area contributed by atoms with E-state index < -0.39 is 0 Å². The van der Waals surface area contributed by atoms with E-state index in [0.29, 0.717) is 18.2 Å². The number of hydrogen-bond acceptors (Lipinski definition) is 6.